The Morgan fingerprint density at radius 3 is 2.82 bits per heavy atom. The molecule has 172 valence electrons. The van der Waals surface area contributed by atoms with Crippen LogP contribution in [0.2, 0.25) is 0 Å². The van der Waals surface area contributed by atoms with Crippen LogP contribution < -0.4 is 4.74 Å². The van der Waals surface area contributed by atoms with Crippen molar-refractivity contribution in [1.29, 1.82) is 0 Å². The van der Waals surface area contributed by atoms with Crippen LogP contribution in [0, 0.1) is 0 Å². The fourth-order valence-electron chi connectivity index (χ4n) is 7.26. The van der Waals surface area contributed by atoms with Gasteiger partial charge >= 0.3 is 6.18 Å². The molecular weight excluding hydrogens is 433 g/mol. The van der Waals surface area contributed by atoms with Gasteiger partial charge in [0.25, 0.3) is 0 Å². The topological polar surface area (TPSA) is 68.7 Å². The van der Waals surface area contributed by atoms with Crippen LogP contribution in [0.15, 0.2) is 36.4 Å². The number of alkyl halides is 3. The van der Waals surface area contributed by atoms with Crippen LogP contribution in [0.25, 0.3) is 10.9 Å². The Morgan fingerprint density at radius 2 is 2.00 bits per heavy atom. The summed E-state index contributed by atoms with van der Waals surface area (Å²) in [5.74, 6) is 0.445. The summed E-state index contributed by atoms with van der Waals surface area (Å²) in [7, 11) is 0. The van der Waals surface area contributed by atoms with E-state index < -0.39 is 35.8 Å². The van der Waals surface area contributed by atoms with Crippen LogP contribution in [0.1, 0.15) is 41.3 Å². The third-order valence-corrected chi connectivity index (χ3v) is 8.56. The van der Waals surface area contributed by atoms with Crippen molar-refractivity contribution in [2.75, 3.05) is 13.1 Å². The van der Waals surface area contributed by atoms with Crippen LogP contribution in [-0.4, -0.2) is 51.0 Å². The van der Waals surface area contributed by atoms with Gasteiger partial charge in [0.1, 0.15) is 0 Å². The number of aliphatic hydroxyl groups is 1. The fraction of sp³-hybridized carbons (Fsp3) is 0.440. The van der Waals surface area contributed by atoms with Crippen LogP contribution >= 0.6 is 0 Å². The highest BCUT2D eigenvalue weighted by molar-refractivity contribution is 5.86. The Balaban J connectivity index is 1.46. The molecule has 2 bridgehead atoms. The van der Waals surface area contributed by atoms with E-state index >= 15 is 0 Å². The van der Waals surface area contributed by atoms with Crippen molar-refractivity contribution >= 4 is 10.9 Å². The molecule has 4 atom stereocenters. The third-order valence-electron chi connectivity index (χ3n) is 8.56. The van der Waals surface area contributed by atoms with Gasteiger partial charge in [0.15, 0.2) is 17.6 Å². The van der Waals surface area contributed by atoms with Gasteiger partial charge in [-0.3, -0.25) is 4.90 Å². The number of phenols is 1. The van der Waals surface area contributed by atoms with Gasteiger partial charge in [0.2, 0.25) is 0 Å². The lowest BCUT2D eigenvalue weighted by molar-refractivity contribution is -0.183. The number of para-hydroxylation sites is 1. The van der Waals surface area contributed by atoms with Gasteiger partial charge in [0, 0.05) is 35.5 Å². The Labute approximate surface area is 187 Å². The fourth-order valence-corrected chi connectivity index (χ4v) is 7.26. The van der Waals surface area contributed by atoms with E-state index in [1.165, 1.54) is 0 Å². The number of aromatic amines is 1. The summed E-state index contributed by atoms with van der Waals surface area (Å²) in [5.41, 5.74) is 2.43. The second-order valence-electron chi connectivity index (χ2n) is 9.95. The second-order valence-corrected chi connectivity index (χ2v) is 9.95. The number of nitrogens with zero attached hydrogens (tertiary/aromatic N) is 1. The number of phenolic OH excluding ortho intramolecular Hbond substituents is 1. The standard InChI is InChI=1S/C25H23F3N2O3/c26-25(27,28)8-10-30-9-7-23-19-13-5-6-17(31)21(19)33-22(23)20-15(12-24(23,32)18(30)11-13)14-3-1-2-4-16(14)29-20/h1-6,18,22,29,31-32H,7-12H2/t18-,22+,23+,24-/m1/s1. The number of rotatable bonds is 2. The molecule has 2 aliphatic heterocycles. The van der Waals surface area contributed by atoms with Crippen LogP contribution in [-0.2, 0) is 18.3 Å². The number of fused-ring (bicyclic) bond motifs is 4. The number of piperidine rings is 1. The Kier molecular flexibility index (Phi) is 3.61. The smallest absolute Gasteiger partial charge is 0.390 e. The van der Waals surface area contributed by atoms with Crippen molar-refractivity contribution in [2.24, 2.45) is 0 Å². The van der Waals surface area contributed by atoms with E-state index in [2.05, 4.69) is 4.98 Å². The zero-order valence-electron chi connectivity index (χ0n) is 17.7. The van der Waals surface area contributed by atoms with Crippen LogP contribution in [0.5, 0.6) is 11.5 Å². The maximum absolute atomic E-state index is 13.1. The minimum atomic E-state index is -4.25. The summed E-state index contributed by atoms with van der Waals surface area (Å²) < 4.78 is 45.7. The summed E-state index contributed by atoms with van der Waals surface area (Å²) in [6.45, 7) is 0.298. The first-order valence-electron chi connectivity index (χ1n) is 11.4. The van der Waals surface area contributed by atoms with E-state index in [4.69, 9.17) is 4.74 Å². The van der Waals surface area contributed by atoms with Gasteiger partial charge in [-0.15, -0.1) is 0 Å². The Morgan fingerprint density at radius 1 is 1.18 bits per heavy atom. The van der Waals surface area contributed by atoms with Gasteiger partial charge in [-0.1, -0.05) is 24.3 Å². The predicted octanol–water partition coefficient (Wildman–Crippen LogP) is 4.12. The highest BCUT2D eigenvalue weighted by Crippen LogP contribution is 2.68. The molecule has 8 heteroatoms. The number of likely N-dealkylation sites (tertiary alicyclic amines) is 1. The lowest BCUT2D eigenvalue weighted by Gasteiger charge is -2.62. The number of ether oxygens (including phenoxy) is 1. The molecule has 0 amide bonds. The molecular formula is C25H23F3N2O3. The van der Waals surface area contributed by atoms with Crippen LogP contribution in [0.4, 0.5) is 13.2 Å². The molecule has 3 heterocycles. The number of hydrogen-bond donors (Lipinski definition) is 3. The number of aromatic nitrogens is 1. The molecule has 2 aliphatic carbocycles. The maximum atomic E-state index is 13.1. The first kappa shape index (κ1) is 19.7. The molecule has 4 aliphatic rings. The Hall–Kier alpha value is -2.71. The maximum Gasteiger partial charge on any atom is 0.390 e. The summed E-state index contributed by atoms with van der Waals surface area (Å²) >= 11 is 0. The van der Waals surface area contributed by atoms with E-state index in [-0.39, 0.29) is 12.3 Å². The van der Waals surface area contributed by atoms with Crippen molar-refractivity contribution in [2.45, 2.75) is 55.0 Å². The van der Waals surface area contributed by atoms with Gasteiger partial charge in [-0.2, -0.15) is 13.2 Å². The number of halogens is 3. The lowest BCUT2D eigenvalue weighted by Crippen LogP contribution is -2.74. The van der Waals surface area contributed by atoms with Crippen molar-refractivity contribution in [3.05, 3.63) is 58.8 Å². The molecule has 1 aromatic heterocycles. The van der Waals surface area contributed by atoms with E-state index in [1.807, 2.05) is 35.2 Å². The largest absolute Gasteiger partial charge is 0.504 e. The number of aromatic hydroxyl groups is 1. The van der Waals surface area contributed by atoms with E-state index in [1.54, 1.807) is 6.07 Å². The average Bonchev–Trinajstić information content (AvgIpc) is 3.29. The molecule has 1 spiro atoms. The first-order valence-corrected chi connectivity index (χ1v) is 11.4. The second kappa shape index (κ2) is 6.04. The van der Waals surface area contributed by atoms with Gasteiger partial charge < -0.3 is 19.9 Å². The quantitative estimate of drug-likeness (QED) is 0.543. The molecule has 0 saturated carbocycles. The lowest BCUT2D eigenvalue weighted by atomic mass is 9.49. The summed E-state index contributed by atoms with van der Waals surface area (Å²) in [6, 6.07) is 10.8. The first-order chi connectivity index (χ1) is 15.7. The highest BCUT2D eigenvalue weighted by Gasteiger charge is 2.72. The minimum absolute atomic E-state index is 0.0375. The summed E-state index contributed by atoms with van der Waals surface area (Å²) in [5, 5.41) is 24.2. The van der Waals surface area contributed by atoms with E-state index in [0.29, 0.717) is 31.6 Å². The molecule has 5 nitrogen and oxygen atoms in total. The Bertz CT molecular complexity index is 1320. The molecule has 2 aromatic carbocycles. The summed E-state index contributed by atoms with van der Waals surface area (Å²) in [4.78, 5) is 5.32. The molecule has 0 radical (unpaired) electrons. The average molecular weight is 456 g/mol. The van der Waals surface area contributed by atoms with Crippen LogP contribution in [0.3, 0.4) is 0 Å². The molecule has 33 heavy (non-hydrogen) atoms. The molecule has 3 aromatic rings. The predicted molar refractivity (Wildman–Crippen MR) is 114 cm³/mol. The van der Waals surface area contributed by atoms with Gasteiger partial charge in [-0.25, -0.2) is 0 Å². The monoisotopic (exact) mass is 456 g/mol. The normalized spacial score (nSPS) is 31.9. The zero-order valence-corrected chi connectivity index (χ0v) is 17.7. The minimum Gasteiger partial charge on any atom is -0.504 e. The highest BCUT2D eigenvalue weighted by atomic mass is 19.4. The number of hydrogen-bond acceptors (Lipinski definition) is 4. The molecule has 1 fully saturated rings. The molecule has 7 rings (SSSR count). The third kappa shape index (κ3) is 2.30. The SMILES string of the molecule is Oc1ccc2c3c1O[C@H]1c4[nH]c5ccccc5c4C[C@@]4(O)[C@@H](C2)N(CCC(F)(F)F)CC[C@]314. The van der Waals surface area contributed by atoms with E-state index in [9.17, 15) is 23.4 Å². The number of H-pyrrole nitrogens is 1. The van der Waals surface area contributed by atoms with E-state index in [0.717, 1.165) is 33.3 Å². The van der Waals surface area contributed by atoms with Crippen molar-refractivity contribution in [3.63, 3.8) is 0 Å². The van der Waals surface area contributed by atoms with Gasteiger partial charge in [0.05, 0.1) is 23.1 Å². The number of nitrogens with one attached hydrogen (secondary N) is 1. The molecule has 1 saturated heterocycles. The molecule has 0 unspecified atom stereocenters. The number of benzene rings is 2. The summed E-state index contributed by atoms with van der Waals surface area (Å²) in [6.07, 6.45) is -4.48. The zero-order chi connectivity index (χ0) is 22.8. The van der Waals surface area contributed by atoms with Gasteiger partial charge in [-0.05, 0) is 42.6 Å². The van der Waals surface area contributed by atoms with Crippen molar-refractivity contribution < 1.29 is 28.1 Å². The molecule has 3 N–H and O–H groups in total. The van der Waals surface area contributed by atoms with Crippen molar-refractivity contribution in [1.82, 2.24) is 9.88 Å². The van der Waals surface area contributed by atoms with Crippen molar-refractivity contribution in [3.8, 4) is 11.5 Å².